The highest BCUT2D eigenvalue weighted by atomic mass is 16.4. The fraction of sp³-hybridized carbons (Fsp3) is 0.143. The Kier molecular flexibility index (Phi) is 4.05. The Morgan fingerprint density at radius 3 is 2.45 bits per heavy atom. The van der Waals surface area contributed by atoms with Gasteiger partial charge in [-0.3, -0.25) is 4.79 Å². The zero-order valence-electron chi connectivity index (χ0n) is 10.5. The minimum absolute atomic E-state index is 0.107. The van der Waals surface area contributed by atoms with Crippen LogP contribution in [0.3, 0.4) is 0 Å². The maximum Gasteiger partial charge on any atom is 0.326 e. The molecule has 0 spiro atoms. The van der Waals surface area contributed by atoms with Crippen molar-refractivity contribution in [3.63, 3.8) is 0 Å². The third kappa shape index (κ3) is 3.38. The van der Waals surface area contributed by atoms with Crippen LogP contribution in [0.2, 0.25) is 0 Å². The molecule has 1 heterocycles. The first-order chi connectivity index (χ1) is 9.56. The Hall–Kier alpha value is -2.76. The lowest BCUT2D eigenvalue weighted by atomic mass is 10.1. The summed E-state index contributed by atoms with van der Waals surface area (Å²) in [5.41, 5.74) is 1.02. The SMILES string of the molecule is O=C(N[C@@H](Cc1ccc(O)cc1)C(=O)O)c1ccc[nH]1. The number of aromatic amines is 1. The van der Waals surface area contributed by atoms with E-state index in [-0.39, 0.29) is 12.2 Å². The second-order valence-electron chi connectivity index (χ2n) is 4.32. The number of carboxylic acids is 1. The van der Waals surface area contributed by atoms with E-state index in [1.54, 1.807) is 30.5 Å². The molecule has 2 aromatic rings. The fourth-order valence-corrected chi connectivity index (χ4v) is 1.78. The van der Waals surface area contributed by atoms with Gasteiger partial charge in [0.1, 0.15) is 17.5 Å². The smallest absolute Gasteiger partial charge is 0.326 e. The predicted molar refractivity (Wildman–Crippen MR) is 71.5 cm³/mol. The highest BCUT2D eigenvalue weighted by Gasteiger charge is 2.21. The number of nitrogens with one attached hydrogen (secondary N) is 2. The predicted octanol–water partition coefficient (Wildman–Crippen LogP) is 1.15. The molecule has 0 saturated carbocycles. The molecule has 1 atom stereocenters. The maximum atomic E-state index is 11.8. The van der Waals surface area contributed by atoms with Gasteiger partial charge in [0.2, 0.25) is 0 Å². The van der Waals surface area contributed by atoms with Crippen molar-refractivity contribution in [2.24, 2.45) is 0 Å². The van der Waals surface area contributed by atoms with Gasteiger partial charge in [-0.2, -0.15) is 0 Å². The zero-order chi connectivity index (χ0) is 14.5. The average molecular weight is 274 g/mol. The van der Waals surface area contributed by atoms with Crippen LogP contribution in [0.15, 0.2) is 42.6 Å². The number of aromatic nitrogens is 1. The van der Waals surface area contributed by atoms with Crippen molar-refractivity contribution >= 4 is 11.9 Å². The van der Waals surface area contributed by atoms with Crippen LogP contribution in [-0.2, 0) is 11.2 Å². The van der Waals surface area contributed by atoms with Crippen LogP contribution in [0, 0.1) is 0 Å². The van der Waals surface area contributed by atoms with E-state index in [2.05, 4.69) is 10.3 Å². The molecule has 1 amide bonds. The van der Waals surface area contributed by atoms with Crippen LogP contribution < -0.4 is 5.32 Å². The average Bonchev–Trinajstić information content (AvgIpc) is 2.94. The van der Waals surface area contributed by atoms with Gasteiger partial charge in [-0.15, -0.1) is 0 Å². The van der Waals surface area contributed by atoms with Crippen molar-refractivity contribution in [1.82, 2.24) is 10.3 Å². The monoisotopic (exact) mass is 274 g/mol. The largest absolute Gasteiger partial charge is 0.508 e. The number of amides is 1. The quantitative estimate of drug-likeness (QED) is 0.656. The van der Waals surface area contributed by atoms with E-state index in [0.29, 0.717) is 11.3 Å². The van der Waals surface area contributed by atoms with E-state index < -0.39 is 17.9 Å². The van der Waals surface area contributed by atoms with Gasteiger partial charge in [0.05, 0.1) is 0 Å². The van der Waals surface area contributed by atoms with Gasteiger partial charge in [0.25, 0.3) is 5.91 Å². The molecule has 0 unspecified atom stereocenters. The van der Waals surface area contributed by atoms with E-state index in [4.69, 9.17) is 5.11 Å². The molecule has 1 aromatic carbocycles. The maximum absolute atomic E-state index is 11.8. The number of phenols is 1. The summed E-state index contributed by atoms with van der Waals surface area (Å²) in [6, 6.07) is 8.37. The van der Waals surface area contributed by atoms with Crippen LogP contribution in [-0.4, -0.2) is 33.1 Å². The van der Waals surface area contributed by atoms with Crippen LogP contribution in [0.4, 0.5) is 0 Å². The van der Waals surface area contributed by atoms with Gasteiger partial charge in [-0.25, -0.2) is 4.79 Å². The molecule has 0 fully saturated rings. The third-order valence-corrected chi connectivity index (χ3v) is 2.82. The molecule has 2 rings (SSSR count). The number of phenolic OH excluding ortho intramolecular Hbond substituents is 1. The summed E-state index contributed by atoms with van der Waals surface area (Å²) >= 11 is 0. The summed E-state index contributed by atoms with van der Waals surface area (Å²) in [7, 11) is 0. The standard InChI is InChI=1S/C14H14N2O4/c17-10-5-3-9(4-6-10)8-12(14(19)20)16-13(18)11-2-1-7-15-11/h1-7,12,15,17H,8H2,(H,16,18)(H,19,20)/t12-/m0/s1. The molecular weight excluding hydrogens is 260 g/mol. The number of benzene rings is 1. The molecule has 0 saturated heterocycles. The van der Waals surface area contributed by atoms with Crippen LogP contribution in [0.5, 0.6) is 5.75 Å². The number of hydrogen-bond acceptors (Lipinski definition) is 3. The molecule has 1 aromatic heterocycles. The molecule has 6 heteroatoms. The zero-order valence-corrected chi connectivity index (χ0v) is 10.5. The topological polar surface area (TPSA) is 102 Å². The number of aromatic hydroxyl groups is 1. The van der Waals surface area contributed by atoms with Gasteiger partial charge in [-0.1, -0.05) is 12.1 Å². The van der Waals surface area contributed by atoms with Crippen molar-refractivity contribution < 1.29 is 19.8 Å². The Bertz CT molecular complexity index is 590. The summed E-state index contributed by atoms with van der Waals surface area (Å²) < 4.78 is 0. The summed E-state index contributed by atoms with van der Waals surface area (Å²) in [4.78, 5) is 25.7. The first-order valence-corrected chi connectivity index (χ1v) is 6.01. The summed E-state index contributed by atoms with van der Waals surface area (Å²) in [5.74, 6) is -1.48. The minimum atomic E-state index is -1.11. The highest BCUT2D eigenvalue weighted by Crippen LogP contribution is 2.11. The van der Waals surface area contributed by atoms with Crippen LogP contribution >= 0.6 is 0 Å². The number of H-pyrrole nitrogens is 1. The Labute approximate surface area is 115 Å². The molecule has 0 bridgehead atoms. The summed E-state index contributed by atoms with van der Waals surface area (Å²) in [6.07, 6.45) is 1.73. The van der Waals surface area contributed by atoms with Gasteiger partial charge >= 0.3 is 5.97 Å². The van der Waals surface area contributed by atoms with E-state index in [0.717, 1.165) is 0 Å². The molecule has 20 heavy (non-hydrogen) atoms. The molecule has 104 valence electrons. The van der Waals surface area contributed by atoms with Crippen molar-refractivity contribution in [3.8, 4) is 5.75 Å². The second kappa shape index (κ2) is 5.92. The number of carbonyl (C=O) groups is 2. The lowest BCUT2D eigenvalue weighted by Crippen LogP contribution is -2.42. The first-order valence-electron chi connectivity index (χ1n) is 6.01. The first kappa shape index (κ1) is 13.7. The number of carboxylic acid groups (broad SMARTS) is 1. The minimum Gasteiger partial charge on any atom is -0.508 e. The Morgan fingerprint density at radius 1 is 1.20 bits per heavy atom. The fourth-order valence-electron chi connectivity index (χ4n) is 1.78. The van der Waals surface area contributed by atoms with E-state index in [1.807, 2.05) is 0 Å². The molecule has 0 aliphatic carbocycles. The van der Waals surface area contributed by atoms with Crippen molar-refractivity contribution in [2.45, 2.75) is 12.5 Å². The van der Waals surface area contributed by atoms with E-state index in [1.165, 1.54) is 12.1 Å². The van der Waals surface area contributed by atoms with Crippen molar-refractivity contribution in [1.29, 1.82) is 0 Å². The molecule has 4 N–H and O–H groups in total. The molecule has 0 aliphatic rings. The Morgan fingerprint density at radius 2 is 1.90 bits per heavy atom. The van der Waals surface area contributed by atoms with E-state index >= 15 is 0 Å². The summed E-state index contributed by atoms with van der Waals surface area (Å²) in [5, 5.41) is 20.8. The normalized spacial score (nSPS) is 11.8. The second-order valence-corrected chi connectivity index (χ2v) is 4.32. The molecule has 0 aliphatic heterocycles. The molecule has 0 radical (unpaired) electrons. The van der Waals surface area contributed by atoms with E-state index in [9.17, 15) is 14.7 Å². The number of hydrogen-bond donors (Lipinski definition) is 4. The van der Waals surface area contributed by atoms with Crippen molar-refractivity contribution in [3.05, 3.63) is 53.9 Å². The molecular formula is C14H14N2O4. The number of rotatable bonds is 5. The summed E-state index contributed by atoms with van der Waals surface area (Å²) in [6.45, 7) is 0. The van der Waals surface area contributed by atoms with Gasteiger partial charge in [0, 0.05) is 12.6 Å². The van der Waals surface area contributed by atoms with Crippen molar-refractivity contribution in [2.75, 3.05) is 0 Å². The van der Waals surface area contributed by atoms with Crippen LogP contribution in [0.25, 0.3) is 0 Å². The highest BCUT2D eigenvalue weighted by molar-refractivity contribution is 5.95. The van der Waals surface area contributed by atoms with Gasteiger partial charge in [0.15, 0.2) is 0 Å². The Balaban J connectivity index is 2.06. The lowest BCUT2D eigenvalue weighted by Gasteiger charge is -2.14. The van der Waals surface area contributed by atoms with Crippen LogP contribution in [0.1, 0.15) is 16.1 Å². The third-order valence-electron chi connectivity index (χ3n) is 2.82. The van der Waals surface area contributed by atoms with Gasteiger partial charge < -0.3 is 20.5 Å². The molecule has 6 nitrogen and oxygen atoms in total. The lowest BCUT2D eigenvalue weighted by molar-refractivity contribution is -0.139. The van der Waals surface area contributed by atoms with Gasteiger partial charge in [-0.05, 0) is 29.8 Å². The number of carbonyl (C=O) groups excluding carboxylic acids is 1. The number of aliphatic carboxylic acids is 1.